The minimum atomic E-state index is 0.707. The van der Waals surface area contributed by atoms with Crippen LogP contribution in [0.25, 0.3) is 10.9 Å². The molecule has 0 aliphatic rings. The fourth-order valence-electron chi connectivity index (χ4n) is 1.48. The second-order valence-electron chi connectivity index (χ2n) is 3.65. The Bertz CT molecular complexity index is 485. The van der Waals surface area contributed by atoms with Crippen molar-refractivity contribution < 1.29 is 0 Å². The summed E-state index contributed by atoms with van der Waals surface area (Å²) in [7, 11) is 0. The molecule has 4 heteroatoms. The Kier molecular flexibility index (Phi) is 3.72. The number of aromatic nitrogens is 2. The van der Waals surface area contributed by atoms with Crippen molar-refractivity contribution in [3.63, 3.8) is 0 Å². The van der Waals surface area contributed by atoms with E-state index in [0.717, 1.165) is 28.3 Å². The van der Waals surface area contributed by atoms with E-state index in [0.29, 0.717) is 5.95 Å². The van der Waals surface area contributed by atoms with Crippen molar-refractivity contribution in [2.45, 2.75) is 19.8 Å². The van der Waals surface area contributed by atoms with Crippen LogP contribution in [0, 0.1) is 0 Å². The first-order valence-corrected chi connectivity index (χ1v) is 6.25. The van der Waals surface area contributed by atoms with Crippen LogP contribution in [-0.4, -0.2) is 16.5 Å². The number of rotatable bonds is 4. The van der Waals surface area contributed by atoms with Crippen LogP contribution in [0.15, 0.2) is 28.9 Å². The average molecular weight is 280 g/mol. The first-order valence-electron chi connectivity index (χ1n) is 5.46. The van der Waals surface area contributed by atoms with Gasteiger partial charge in [0.25, 0.3) is 0 Å². The topological polar surface area (TPSA) is 37.8 Å². The molecular weight excluding hydrogens is 266 g/mol. The molecule has 1 heterocycles. The number of hydrogen-bond acceptors (Lipinski definition) is 3. The van der Waals surface area contributed by atoms with E-state index in [1.165, 1.54) is 6.42 Å². The number of anilines is 1. The van der Waals surface area contributed by atoms with E-state index in [1.54, 1.807) is 0 Å². The van der Waals surface area contributed by atoms with Crippen LogP contribution in [0.5, 0.6) is 0 Å². The van der Waals surface area contributed by atoms with Gasteiger partial charge in [0.2, 0.25) is 5.95 Å². The van der Waals surface area contributed by atoms with Gasteiger partial charge in [0.1, 0.15) is 0 Å². The molecule has 84 valence electrons. The van der Waals surface area contributed by atoms with E-state index in [4.69, 9.17) is 0 Å². The number of nitrogens with zero attached hydrogens (tertiary/aromatic N) is 2. The molecule has 3 nitrogen and oxygen atoms in total. The normalized spacial score (nSPS) is 10.6. The lowest BCUT2D eigenvalue weighted by Gasteiger charge is -2.05. The highest BCUT2D eigenvalue weighted by Gasteiger charge is 2.01. The Balaban J connectivity index is 2.23. The molecule has 0 unspecified atom stereocenters. The van der Waals surface area contributed by atoms with Gasteiger partial charge in [-0.15, -0.1) is 0 Å². The molecule has 0 saturated carbocycles. The SMILES string of the molecule is CCCCNc1ncc2c(Br)cccc2n1. The van der Waals surface area contributed by atoms with Crippen LogP contribution in [0.2, 0.25) is 0 Å². The number of fused-ring (bicyclic) bond motifs is 1. The van der Waals surface area contributed by atoms with Crippen LogP contribution in [0.3, 0.4) is 0 Å². The fraction of sp³-hybridized carbons (Fsp3) is 0.333. The zero-order valence-electron chi connectivity index (χ0n) is 9.20. The predicted molar refractivity (Wildman–Crippen MR) is 70.6 cm³/mol. The number of nitrogens with one attached hydrogen (secondary N) is 1. The van der Waals surface area contributed by atoms with Gasteiger partial charge in [-0.2, -0.15) is 0 Å². The molecule has 0 aliphatic carbocycles. The summed E-state index contributed by atoms with van der Waals surface area (Å²) >= 11 is 3.48. The second kappa shape index (κ2) is 5.25. The Morgan fingerprint density at radius 2 is 2.25 bits per heavy atom. The van der Waals surface area contributed by atoms with Crippen molar-refractivity contribution in [3.8, 4) is 0 Å². The molecular formula is C12H14BrN3. The molecule has 1 N–H and O–H groups in total. The van der Waals surface area contributed by atoms with E-state index in [9.17, 15) is 0 Å². The molecule has 0 radical (unpaired) electrons. The van der Waals surface area contributed by atoms with Crippen LogP contribution < -0.4 is 5.32 Å². The lowest BCUT2D eigenvalue weighted by atomic mass is 10.2. The average Bonchev–Trinajstić information content (AvgIpc) is 2.30. The first kappa shape index (κ1) is 11.3. The van der Waals surface area contributed by atoms with Gasteiger partial charge in [0.05, 0.1) is 5.52 Å². The summed E-state index contributed by atoms with van der Waals surface area (Å²) in [4.78, 5) is 8.74. The Morgan fingerprint density at radius 3 is 3.06 bits per heavy atom. The maximum absolute atomic E-state index is 4.46. The highest BCUT2D eigenvalue weighted by atomic mass is 79.9. The summed E-state index contributed by atoms with van der Waals surface area (Å²) in [5.41, 5.74) is 0.961. The van der Waals surface area contributed by atoms with Crippen molar-refractivity contribution in [2.75, 3.05) is 11.9 Å². The zero-order chi connectivity index (χ0) is 11.4. The van der Waals surface area contributed by atoms with E-state index >= 15 is 0 Å². The highest BCUT2D eigenvalue weighted by Crippen LogP contribution is 2.22. The number of unbranched alkanes of at least 4 members (excludes halogenated alkanes) is 1. The highest BCUT2D eigenvalue weighted by molar-refractivity contribution is 9.10. The Morgan fingerprint density at radius 1 is 1.38 bits per heavy atom. The predicted octanol–water partition coefficient (Wildman–Crippen LogP) is 3.60. The van der Waals surface area contributed by atoms with Crippen molar-refractivity contribution >= 4 is 32.8 Å². The molecule has 0 atom stereocenters. The summed E-state index contributed by atoms with van der Waals surface area (Å²) in [6.07, 6.45) is 4.16. The summed E-state index contributed by atoms with van der Waals surface area (Å²) < 4.78 is 1.03. The largest absolute Gasteiger partial charge is 0.354 e. The molecule has 2 aromatic rings. The van der Waals surface area contributed by atoms with Gasteiger partial charge in [-0.1, -0.05) is 35.3 Å². The molecule has 0 amide bonds. The minimum Gasteiger partial charge on any atom is -0.354 e. The maximum atomic E-state index is 4.46. The summed E-state index contributed by atoms with van der Waals surface area (Å²) in [6.45, 7) is 3.09. The van der Waals surface area contributed by atoms with Crippen molar-refractivity contribution in [1.29, 1.82) is 0 Å². The van der Waals surface area contributed by atoms with E-state index in [1.807, 2.05) is 24.4 Å². The molecule has 0 saturated heterocycles. The number of halogens is 1. The van der Waals surface area contributed by atoms with Gasteiger partial charge < -0.3 is 5.32 Å². The zero-order valence-corrected chi connectivity index (χ0v) is 10.8. The smallest absolute Gasteiger partial charge is 0.223 e. The lowest BCUT2D eigenvalue weighted by Crippen LogP contribution is -2.04. The first-order chi connectivity index (χ1) is 7.81. The van der Waals surface area contributed by atoms with Crippen molar-refractivity contribution in [3.05, 3.63) is 28.9 Å². The molecule has 16 heavy (non-hydrogen) atoms. The standard InChI is InChI=1S/C12H14BrN3/c1-2-3-7-14-12-15-8-9-10(13)5-4-6-11(9)16-12/h4-6,8H,2-3,7H2,1H3,(H,14,15,16). The van der Waals surface area contributed by atoms with Gasteiger partial charge >= 0.3 is 0 Å². The molecule has 0 fully saturated rings. The quantitative estimate of drug-likeness (QED) is 0.869. The minimum absolute atomic E-state index is 0.707. The molecule has 1 aromatic heterocycles. The molecule has 0 spiro atoms. The monoisotopic (exact) mass is 279 g/mol. The van der Waals surface area contributed by atoms with E-state index in [2.05, 4.69) is 38.1 Å². The van der Waals surface area contributed by atoms with Gasteiger partial charge in [-0.05, 0) is 18.6 Å². The van der Waals surface area contributed by atoms with Gasteiger partial charge in [-0.3, -0.25) is 0 Å². The Labute approximate surface area is 103 Å². The summed E-state index contributed by atoms with van der Waals surface area (Å²) in [5, 5.41) is 4.26. The van der Waals surface area contributed by atoms with Crippen LogP contribution in [0.4, 0.5) is 5.95 Å². The summed E-state index contributed by atoms with van der Waals surface area (Å²) in [5.74, 6) is 0.707. The molecule has 1 aromatic carbocycles. The molecule has 2 rings (SSSR count). The third-order valence-corrected chi connectivity index (χ3v) is 3.08. The van der Waals surface area contributed by atoms with Crippen molar-refractivity contribution in [2.24, 2.45) is 0 Å². The third-order valence-electron chi connectivity index (χ3n) is 2.39. The number of hydrogen-bond donors (Lipinski definition) is 1. The second-order valence-corrected chi connectivity index (χ2v) is 4.50. The van der Waals surface area contributed by atoms with Crippen LogP contribution in [0.1, 0.15) is 19.8 Å². The van der Waals surface area contributed by atoms with Gasteiger partial charge in [0.15, 0.2) is 0 Å². The maximum Gasteiger partial charge on any atom is 0.223 e. The molecule has 0 bridgehead atoms. The van der Waals surface area contributed by atoms with Gasteiger partial charge in [-0.25, -0.2) is 9.97 Å². The Hall–Kier alpha value is -1.16. The fourth-order valence-corrected chi connectivity index (χ4v) is 1.94. The molecule has 0 aliphatic heterocycles. The van der Waals surface area contributed by atoms with E-state index in [-0.39, 0.29) is 0 Å². The van der Waals surface area contributed by atoms with Gasteiger partial charge in [0, 0.05) is 22.6 Å². The number of benzene rings is 1. The van der Waals surface area contributed by atoms with E-state index < -0.39 is 0 Å². The summed E-state index contributed by atoms with van der Waals surface area (Å²) in [6, 6.07) is 5.97. The lowest BCUT2D eigenvalue weighted by molar-refractivity contribution is 0.827. The van der Waals surface area contributed by atoms with Crippen molar-refractivity contribution in [1.82, 2.24) is 9.97 Å². The third kappa shape index (κ3) is 2.50. The van der Waals surface area contributed by atoms with Crippen LogP contribution >= 0.6 is 15.9 Å². The van der Waals surface area contributed by atoms with Crippen LogP contribution in [-0.2, 0) is 0 Å².